The quantitative estimate of drug-likeness (QED) is 0.0210. The van der Waals surface area contributed by atoms with Gasteiger partial charge in [0, 0.05) is 38.2 Å². The van der Waals surface area contributed by atoms with Crippen LogP contribution in [0.15, 0.2) is 42.2 Å². The van der Waals surface area contributed by atoms with Crippen molar-refractivity contribution in [1.82, 2.24) is 26.3 Å². The van der Waals surface area contributed by atoms with Crippen molar-refractivity contribution in [3.63, 3.8) is 0 Å². The van der Waals surface area contributed by atoms with Gasteiger partial charge in [-0.2, -0.15) is 0 Å². The number of nitrogens with zero attached hydrogens (tertiary/aromatic N) is 1. The summed E-state index contributed by atoms with van der Waals surface area (Å²) in [5.41, 5.74) is 1.08. The number of benzene rings is 1. The number of ether oxygens (including phenoxy) is 4. The fourth-order valence-electron chi connectivity index (χ4n) is 5.68. The van der Waals surface area contributed by atoms with Crippen molar-refractivity contribution < 1.29 is 77.7 Å². The van der Waals surface area contributed by atoms with Crippen LogP contribution in [0.25, 0.3) is 0 Å². The van der Waals surface area contributed by atoms with Crippen molar-refractivity contribution in [1.29, 1.82) is 0 Å². The van der Waals surface area contributed by atoms with Crippen molar-refractivity contribution in [3.8, 4) is 5.75 Å². The van der Waals surface area contributed by atoms with Crippen LogP contribution in [-0.2, 0) is 54.4 Å². The van der Waals surface area contributed by atoms with Gasteiger partial charge >= 0.3 is 12.1 Å². The lowest BCUT2D eigenvalue weighted by atomic mass is 9.93. The summed E-state index contributed by atoms with van der Waals surface area (Å²) >= 11 is 0. The molecule has 5 atom stereocenters. The van der Waals surface area contributed by atoms with Crippen molar-refractivity contribution in [2.45, 2.75) is 103 Å². The molecule has 0 aromatic heterocycles. The monoisotopic (exact) mass is 877 g/mol. The number of aliphatic hydroxyl groups excluding tert-OH is 2. The normalized spacial score (nSPS) is 18.5. The Morgan fingerprint density at radius 1 is 0.935 bits per heavy atom. The van der Waals surface area contributed by atoms with Gasteiger partial charge in [0.15, 0.2) is 6.10 Å². The molecule has 1 aromatic rings. The molecule has 0 fully saturated rings. The van der Waals surface area contributed by atoms with Gasteiger partial charge in [0.25, 0.3) is 18.1 Å². The molecule has 23 heteroatoms. The molecule has 6 amide bonds. The van der Waals surface area contributed by atoms with E-state index in [0.29, 0.717) is 17.7 Å². The smallest absolute Gasteiger partial charge is 0.475 e. The van der Waals surface area contributed by atoms with E-state index in [1.54, 1.807) is 13.8 Å². The molecule has 3 rings (SSSR count). The number of hydrazine groups is 1. The van der Waals surface area contributed by atoms with Crippen LogP contribution in [-0.4, -0.2) is 135 Å². The van der Waals surface area contributed by atoms with E-state index in [2.05, 4.69) is 31.4 Å². The molecule has 2 heterocycles. The predicted molar refractivity (Wildman–Crippen MR) is 214 cm³/mol. The molecule has 0 saturated carbocycles. The van der Waals surface area contributed by atoms with E-state index in [-0.39, 0.29) is 55.6 Å². The second-order valence-corrected chi connectivity index (χ2v) is 15.8. The number of hydrogen-bond acceptors (Lipinski definition) is 16. The Morgan fingerprint density at radius 3 is 2.23 bits per heavy atom. The topological polar surface area (TPSA) is 344 Å². The molecule has 11 N–H and O–H groups in total. The Labute approximate surface area is 356 Å². The molecular weight excluding hydrogens is 822 g/mol. The van der Waals surface area contributed by atoms with Crippen LogP contribution in [0.2, 0.25) is 0 Å². The number of amides is 6. The van der Waals surface area contributed by atoms with Crippen molar-refractivity contribution in [2.24, 2.45) is 11.3 Å². The van der Waals surface area contributed by atoms with Crippen LogP contribution in [0.5, 0.6) is 5.75 Å². The Morgan fingerprint density at radius 2 is 1.61 bits per heavy atom. The van der Waals surface area contributed by atoms with Gasteiger partial charge in [-0.3, -0.25) is 44.9 Å². The summed E-state index contributed by atoms with van der Waals surface area (Å²) in [6.07, 6.45) is -3.77. The number of hydrogen-bond donors (Lipinski definition) is 10. The number of nitrogens with two attached hydrogens (primary N) is 1. The number of carbonyl (C=O) groups is 8. The molecular formula is C39H55N7O16. The lowest BCUT2D eigenvalue weighted by Crippen LogP contribution is -2.58. The molecule has 0 saturated heterocycles. The zero-order chi connectivity index (χ0) is 46.4. The Balaban J connectivity index is 1.71. The number of imide groups is 1. The highest BCUT2D eigenvalue weighted by molar-refractivity contribution is 6.15. The summed E-state index contributed by atoms with van der Waals surface area (Å²) in [6.45, 7) is 8.39. The first kappa shape index (κ1) is 50.2. The number of anilines is 1. The summed E-state index contributed by atoms with van der Waals surface area (Å²) in [5, 5.41) is 49.3. The molecule has 23 nitrogen and oxygen atoms in total. The van der Waals surface area contributed by atoms with E-state index in [4.69, 9.17) is 25.2 Å². The number of carbonyl (C=O) groups excluding carboxylic acids is 6. The number of carboxylic acids is 1. The number of aliphatic carboxylic acids is 1. The molecule has 2 aliphatic rings. The van der Waals surface area contributed by atoms with Crippen molar-refractivity contribution >= 4 is 53.3 Å². The number of unbranched alkanes of at least 4 members (excludes halogenated alkanes) is 1. The maximum Gasteiger partial charge on any atom is 0.506 e. The van der Waals surface area contributed by atoms with Crippen LogP contribution in [0.3, 0.4) is 0 Å². The number of aliphatic hydroxyl groups is 2. The first-order valence-electron chi connectivity index (χ1n) is 19.4. The van der Waals surface area contributed by atoms with Crippen LogP contribution in [0.4, 0.5) is 10.5 Å². The summed E-state index contributed by atoms with van der Waals surface area (Å²) in [7, 11) is 0. The molecule has 62 heavy (non-hydrogen) atoms. The minimum Gasteiger partial charge on any atom is -0.475 e. The van der Waals surface area contributed by atoms with Gasteiger partial charge in [-0.05, 0) is 77.7 Å². The minimum absolute atomic E-state index is 0.0214. The van der Waals surface area contributed by atoms with Gasteiger partial charge < -0.3 is 60.6 Å². The number of rotatable bonds is 23. The first-order valence-corrected chi connectivity index (χ1v) is 19.4. The summed E-state index contributed by atoms with van der Waals surface area (Å²) in [6, 6.07) is 1.16. The maximum atomic E-state index is 13.6. The largest absolute Gasteiger partial charge is 0.506 e. The third kappa shape index (κ3) is 15.4. The average Bonchev–Trinajstić information content (AvgIpc) is 3.52. The molecule has 0 spiro atoms. The minimum atomic E-state index is -1.77. The van der Waals surface area contributed by atoms with Crippen LogP contribution in [0, 0.1) is 5.41 Å². The highest BCUT2D eigenvalue weighted by Gasteiger charge is 2.38. The lowest BCUT2D eigenvalue weighted by molar-refractivity contribution is -0.172. The zero-order valence-electron chi connectivity index (χ0n) is 34.9. The lowest BCUT2D eigenvalue weighted by Gasteiger charge is -2.31. The third-order valence-electron chi connectivity index (χ3n) is 9.07. The third-order valence-corrected chi connectivity index (χ3v) is 9.07. The fraction of sp³-hybridized carbons (Fsp3) is 0.538. The van der Waals surface area contributed by atoms with Gasteiger partial charge in [0.05, 0.1) is 23.3 Å². The van der Waals surface area contributed by atoms with E-state index in [1.807, 2.05) is 20.8 Å². The van der Waals surface area contributed by atoms with E-state index < -0.39 is 102 Å². The standard InChI is InChI=1S/C39H55N7O16/c1-38(2,3)60-20-39(4,5)36(56)42-14-7-6-8-22(45-33(53)24(18-43-40)46-29(49)11-12-30(46)50)32(52)41-15-13-28(48)44-23-16-21(19-59-37(57)58)9-10-26(23)61-35-31(51)25(47)17-27(62-35)34(54)55/h9-12,16-17,22,24-25,31,35,43,47,51H,6-8,13-15,18-20,40H2,1-5H3,(H,41,52)(H,42,56)(H,44,48)(H,45,53)(H,54,55)(H,57,58)/t22-,24?,25?,31+,35?/m0/s1. The second-order valence-electron chi connectivity index (χ2n) is 15.8. The Bertz CT molecular complexity index is 1880. The molecule has 0 aliphatic carbocycles. The molecule has 342 valence electrons. The summed E-state index contributed by atoms with van der Waals surface area (Å²) in [5.74, 6) is -1.17. The number of nitrogens with one attached hydrogen (secondary N) is 5. The van der Waals surface area contributed by atoms with E-state index in [1.165, 1.54) is 18.2 Å². The zero-order valence-corrected chi connectivity index (χ0v) is 34.9. The number of carboxylic acid groups (broad SMARTS) is 2. The second kappa shape index (κ2) is 22.6. The molecule has 2 aliphatic heterocycles. The highest BCUT2D eigenvalue weighted by atomic mass is 16.7. The van der Waals surface area contributed by atoms with E-state index in [0.717, 1.165) is 18.2 Å². The van der Waals surface area contributed by atoms with E-state index >= 15 is 0 Å². The van der Waals surface area contributed by atoms with Gasteiger partial charge in [0.2, 0.25) is 29.4 Å². The van der Waals surface area contributed by atoms with Crippen molar-refractivity contribution in [3.05, 3.63) is 47.7 Å². The van der Waals surface area contributed by atoms with Crippen LogP contribution >= 0.6 is 0 Å². The molecule has 3 unspecified atom stereocenters. The average molecular weight is 878 g/mol. The summed E-state index contributed by atoms with van der Waals surface area (Å²) < 4.78 is 21.1. The van der Waals surface area contributed by atoms with Crippen LogP contribution < -0.4 is 37.3 Å². The SMILES string of the molecule is CC(C)(C)OCC(C)(C)C(=O)NCCCC[C@H](NC(=O)C(CNN)N1C(=O)C=CC1=O)C(=O)NCCC(=O)Nc1cc(COC(=O)O)ccc1OC1OC(C(=O)O)=CC(O)[C@H]1O. The Kier molecular flexibility index (Phi) is 18.3. The van der Waals surface area contributed by atoms with Gasteiger partial charge in [0.1, 0.15) is 30.5 Å². The highest BCUT2D eigenvalue weighted by Crippen LogP contribution is 2.31. The van der Waals surface area contributed by atoms with Crippen LogP contribution in [0.1, 0.15) is 65.9 Å². The molecule has 0 bridgehead atoms. The van der Waals surface area contributed by atoms with Gasteiger partial charge in [-0.25, -0.2) is 9.59 Å². The molecule has 0 radical (unpaired) electrons. The summed E-state index contributed by atoms with van der Waals surface area (Å²) in [4.78, 5) is 101. The molecule has 1 aromatic carbocycles. The van der Waals surface area contributed by atoms with Crippen molar-refractivity contribution in [2.75, 3.05) is 31.6 Å². The van der Waals surface area contributed by atoms with Gasteiger partial charge in [-0.15, -0.1) is 0 Å². The van der Waals surface area contributed by atoms with E-state index in [9.17, 15) is 53.7 Å². The predicted octanol–water partition coefficient (Wildman–Crippen LogP) is -0.879. The van der Waals surface area contributed by atoms with Gasteiger partial charge in [-0.1, -0.05) is 6.07 Å². The maximum absolute atomic E-state index is 13.6. The first-order chi connectivity index (χ1) is 29.0. The Hall–Kier alpha value is -6.14. The fourth-order valence-corrected chi connectivity index (χ4v) is 5.68.